The molecule has 1 N–H and O–H groups in total. The van der Waals surface area contributed by atoms with E-state index >= 15 is 0 Å². The zero-order valence-electron chi connectivity index (χ0n) is 13.1. The second kappa shape index (κ2) is 6.58. The lowest BCUT2D eigenvalue weighted by molar-refractivity contribution is 0.0730. The number of ether oxygens (including phenoxy) is 1. The Morgan fingerprint density at radius 1 is 1.48 bits per heavy atom. The van der Waals surface area contributed by atoms with E-state index in [1.807, 2.05) is 0 Å². The maximum absolute atomic E-state index is 11.3. The van der Waals surface area contributed by atoms with Gasteiger partial charge in [0.15, 0.2) is 5.78 Å². The fourth-order valence-electron chi connectivity index (χ4n) is 2.73. The molecule has 4 heteroatoms. The third-order valence-corrected chi connectivity index (χ3v) is 3.91. The van der Waals surface area contributed by atoms with Crippen molar-refractivity contribution in [3.05, 3.63) is 29.8 Å². The number of nitrogens with zero attached hydrogens (tertiary/aromatic N) is 1. The van der Waals surface area contributed by atoms with Crippen LogP contribution in [0.25, 0.3) is 0 Å². The molecular weight excluding hydrogens is 266 g/mol. The van der Waals surface area contributed by atoms with Gasteiger partial charge >= 0.3 is 0 Å². The number of carbonyl (C=O) groups excluding carboxylic acids is 1. The predicted molar refractivity (Wildman–Crippen MR) is 82.8 cm³/mol. The summed E-state index contributed by atoms with van der Waals surface area (Å²) < 4.78 is 5.59. The van der Waals surface area contributed by atoms with Gasteiger partial charge in [-0.3, -0.25) is 4.79 Å². The van der Waals surface area contributed by atoms with Crippen molar-refractivity contribution in [3.8, 4) is 5.75 Å². The molecule has 4 nitrogen and oxygen atoms in total. The van der Waals surface area contributed by atoms with E-state index in [0.717, 1.165) is 13.1 Å². The van der Waals surface area contributed by atoms with Gasteiger partial charge in [0.25, 0.3) is 0 Å². The quantitative estimate of drug-likeness (QED) is 0.818. The van der Waals surface area contributed by atoms with Gasteiger partial charge < -0.3 is 14.7 Å². The van der Waals surface area contributed by atoms with Crippen molar-refractivity contribution < 1.29 is 14.6 Å². The third kappa shape index (κ3) is 4.83. The van der Waals surface area contributed by atoms with Gasteiger partial charge in [-0.05, 0) is 37.4 Å². The van der Waals surface area contributed by atoms with Crippen LogP contribution in [0.2, 0.25) is 0 Å². The molecule has 1 heterocycles. The van der Waals surface area contributed by atoms with Crippen molar-refractivity contribution in [3.63, 3.8) is 0 Å². The number of likely N-dealkylation sites (tertiary alicyclic amines) is 1. The highest BCUT2D eigenvalue weighted by atomic mass is 16.5. The van der Waals surface area contributed by atoms with Gasteiger partial charge in [0.2, 0.25) is 0 Å². The number of carbonyl (C=O) groups is 1. The Kier molecular flexibility index (Phi) is 5.01. The van der Waals surface area contributed by atoms with E-state index in [9.17, 15) is 9.90 Å². The lowest BCUT2D eigenvalue weighted by Crippen LogP contribution is -2.35. The van der Waals surface area contributed by atoms with Crippen molar-refractivity contribution in [1.82, 2.24) is 4.90 Å². The zero-order chi connectivity index (χ0) is 15.5. The van der Waals surface area contributed by atoms with E-state index in [1.165, 1.54) is 13.3 Å². The molecule has 1 aromatic rings. The molecule has 2 rings (SSSR count). The summed E-state index contributed by atoms with van der Waals surface area (Å²) in [5, 5.41) is 10.1. The van der Waals surface area contributed by atoms with Gasteiger partial charge in [0.05, 0.1) is 0 Å². The van der Waals surface area contributed by atoms with Crippen molar-refractivity contribution in [2.45, 2.75) is 33.3 Å². The van der Waals surface area contributed by atoms with Gasteiger partial charge in [-0.25, -0.2) is 0 Å². The Hall–Kier alpha value is -1.39. The molecule has 1 aliphatic heterocycles. The van der Waals surface area contributed by atoms with Gasteiger partial charge in [-0.1, -0.05) is 26.0 Å². The van der Waals surface area contributed by atoms with Crippen LogP contribution in [-0.2, 0) is 0 Å². The molecule has 1 aliphatic rings. The number of aliphatic hydroxyl groups excluding tert-OH is 1. The summed E-state index contributed by atoms with van der Waals surface area (Å²) in [7, 11) is 0. The van der Waals surface area contributed by atoms with Crippen LogP contribution in [0.3, 0.4) is 0 Å². The molecule has 1 unspecified atom stereocenters. The number of Topliss-reactive ketones (excluding diaryl/α,β-unsaturated/α-hetero) is 1. The van der Waals surface area contributed by atoms with Gasteiger partial charge in [-0.2, -0.15) is 0 Å². The average molecular weight is 291 g/mol. The van der Waals surface area contributed by atoms with Crippen LogP contribution in [0.1, 0.15) is 37.6 Å². The van der Waals surface area contributed by atoms with Crippen molar-refractivity contribution >= 4 is 5.78 Å². The number of rotatable bonds is 6. The first-order valence-corrected chi connectivity index (χ1v) is 7.50. The summed E-state index contributed by atoms with van der Waals surface area (Å²) in [4.78, 5) is 13.6. The summed E-state index contributed by atoms with van der Waals surface area (Å²) in [5.41, 5.74) is 0.972. The number of aliphatic hydroxyl groups is 1. The number of benzene rings is 1. The highest BCUT2D eigenvalue weighted by Crippen LogP contribution is 2.28. The predicted octanol–water partition coefficient (Wildman–Crippen LogP) is 2.36. The largest absolute Gasteiger partial charge is 0.491 e. The molecule has 21 heavy (non-hydrogen) atoms. The highest BCUT2D eigenvalue weighted by molar-refractivity contribution is 5.94. The molecule has 116 valence electrons. The first-order valence-electron chi connectivity index (χ1n) is 7.50. The van der Waals surface area contributed by atoms with E-state index in [4.69, 9.17) is 4.74 Å². The van der Waals surface area contributed by atoms with E-state index in [-0.39, 0.29) is 12.4 Å². The Balaban J connectivity index is 1.80. The Morgan fingerprint density at radius 3 is 2.86 bits per heavy atom. The van der Waals surface area contributed by atoms with Gasteiger partial charge in [0.1, 0.15) is 18.5 Å². The lowest BCUT2D eigenvalue weighted by Gasteiger charge is -2.22. The summed E-state index contributed by atoms with van der Waals surface area (Å²) in [6.45, 7) is 8.97. The zero-order valence-corrected chi connectivity index (χ0v) is 13.1. The second-order valence-corrected chi connectivity index (χ2v) is 6.70. The monoisotopic (exact) mass is 291 g/mol. The van der Waals surface area contributed by atoms with Crippen molar-refractivity contribution in [2.75, 3.05) is 26.2 Å². The molecular formula is C17H25NO3. The topological polar surface area (TPSA) is 49.8 Å². The van der Waals surface area contributed by atoms with Crippen LogP contribution in [-0.4, -0.2) is 48.1 Å². The Labute approximate surface area is 126 Å². The molecule has 0 aromatic heterocycles. The lowest BCUT2D eigenvalue weighted by atomic mass is 9.93. The maximum atomic E-state index is 11.3. The van der Waals surface area contributed by atoms with Gasteiger partial charge in [0, 0.05) is 18.7 Å². The van der Waals surface area contributed by atoms with Crippen molar-refractivity contribution in [1.29, 1.82) is 0 Å². The molecule has 0 bridgehead atoms. The van der Waals surface area contributed by atoms with E-state index in [2.05, 4.69) is 18.7 Å². The minimum atomic E-state index is -0.514. The average Bonchev–Trinajstić information content (AvgIpc) is 2.76. The maximum Gasteiger partial charge on any atom is 0.159 e. The third-order valence-electron chi connectivity index (χ3n) is 3.91. The number of β-amino-alcohol motifs (C(OH)–C–C–N with tert-alkyl or cyclic N) is 1. The molecule has 1 atom stereocenters. The molecule has 1 saturated heterocycles. The molecule has 0 amide bonds. The van der Waals surface area contributed by atoms with Crippen LogP contribution >= 0.6 is 0 Å². The van der Waals surface area contributed by atoms with Crippen LogP contribution in [0, 0.1) is 5.41 Å². The molecule has 1 aromatic carbocycles. The Bertz CT molecular complexity index is 499. The van der Waals surface area contributed by atoms with E-state index < -0.39 is 6.10 Å². The van der Waals surface area contributed by atoms with E-state index in [0.29, 0.717) is 23.3 Å². The normalized spacial score (nSPS) is 19.4. The minimum absolute atomic E-state index is 0.0142. The first-order chi connectivity index (χ1) is 9.85. The number of ketones is 1. The van der Waals surface area contributed by atoms with Crippen LogP contribution in [0.5, 0.6) is 5.75 Å². The Morgan fingerprint density at radius 2 is 2.24 bits per heavy atom. The molecule has 0 aliphatic carbocycles. The highest BCUT2D eigenvalue weighted by Gasteiger charge is 2.30. The standard InChI is InChI=1S/C17H25NO3/c1-13(19)14-5-4-6-16(9-14)21-11-15(20)10-18-8-7-17(2,3)12-18/h4-6,9,15,20H,7-8,10-12H2,1-3H3. The van der Waals surface area contributed by atoms with Gasteiger partial charge in [-0.15, -0.1) is 0 Å². The smallest absolute Gasteiger partial charge is 0.159 e. The summed E-state index contributed by atoms with van der Waals surface area (Å²) in [5.74, 6) is 0.642. The van der Waals surface area contributed by atoms with Crippen LogP contribution in [0.15, 0.2) is 24.3 Å². The minimum Gasteiger partial charge on any atom is -0.491 e. The molecule has 0 saturated carbocycles. The van der Waals surface area contributed by atoms with Crippen LogP contribution in [0.4, 0.5) is 0 Å². The first kappa shape index (κ1) is 16.0. The molecule has 1 fully saturated rings. The molecule has 0 spiro atoms. The van der Waals surface area contributed by atoms with Crippen LogP contribution < -0.4 is 4.74 Å². The molecule has 0 radical (unpaired) electrons. The summed E-state index contributed by atoms with van der Waals surface area (Å²) in [6.07, 6.45) is 0.654. The number of hydrogen-bond donors (Lipinski definition) is 1. The SMILES string of the molecule is CC(=O)c1cccc(OCC(O)CN2CCC(C)(C)C2)c1. The fraction of sp³-hybridized carbons (Fsp3) is 0.588. The summed E-state index contributed by atoms with van der Waals surface area (Å²) in [6, 6.07) is 7.07. The summed E-state index contributed by atoms with van der Waals surface area (Å²) >= 11 is 0. The fourth-order valence-corrected chi connectivity index (χ4v) is 2.73. The van der Waals surface area contributed by atoms with Crippen molar-refractivity contribution in [2.24, 2.45) is 5.41 Å². The van der Waals surface area contributed by atoms with E-state index in [1.54, 1.807) is 24.3 Å². The number of hydrogen-bond acceptors (Lipinski definition) is 4. The second-order valence-electron chi connectivity index (χ2n) is 6.70.